The lowest BCUT2D eigenvalue weighted by atomic mass is 10.1. The van der Waals surface area contributed by atoms with Crippen molar-refractivity contribution in [1.82, 2.24) is 0 Å². The zero-order chi connectivity index (χ0) is 20.0. The van der Waals surface area contributed by atoms with Gasteiger partial charge in [0.15, 0.2) is 28.0 Å². The first-order chi connectivity index (χ1) is 12.7. The lowest BCUT2D eigenvalue weighted by molar-refractivity contribution is -0.146. The van der Waals surface area contributed by atoms with E-state index in [1.165, 1.54) is 37.4 Å². The van der Waals surface area contributed by atoms with E-state index in [1.54, 1.807) is 6.07 Å². The number of benzene rings is 2. The number of methoxy groups -OCH3 is 1. The zero-order valence-corrected chi connectivity index (χ0v) is 15.5. The number of esters is 1. The van der Waals surface area contributed by atoms with Gasteiger partial charge in [0.2, 0.25) is 0 Å². The molecular formula is C18H18FNO6S. The van der Waals surface area contributed by atoms with Gasteiger partial charge in [-0.1, -0.05) is 18.2 Å². The van der Waals surface area contributed by atoms with Gasteiger partial charge in [-0.3, -0.25) is 9.59 Å². The van der Waals surface area contributed by atoms with Gasteiger partial charge in [0.1, 0.15) is 0 Å². The molecule has 2 aromatic rings. The maximum atomic E-state index is 13.6. The fourth-order valence-electron chi connectivity index (χ4n) is 2.26. The largest absolute Gasteiger partial charge is 0.494 e. The molecule has 0 atom stereocenters. The predicted molar refractivity (Wildman–Crippen MR) is 95.8 cm³/mol. The highest BCUT2D eigenvalue weighted by atomic mass is 32.2. The molecular weight excluding hydrogens is 377 g/mol. The minimum absolute atomic E-state index is 0.0432. The Labute approximate surface area is 156 Å². The molecule has 0 saturated heterocycles. The zero-order valence-electron chi connectivity index (χ0n) is 14.7. The van der Waals surface area contributed by atoms with Crippen LogP contribution in [0.2, 0.25) is 0 Å². The molecule has 7 nitrogen and oxygen atoms in total. The molecule has 2 aromatic carbocycles. The van der Waals surface area contributed by atoms with E-state index in [0.29, 0.717) is 5.56 Å². The SMILES string of the molecule is COc1ccc(CC(=O)OCC(=O)Nc2ccccc2S(C)(=O)=O)cc1F. The normalized spacial score (nSPS) is 10.9. The highest BCUT2D eigenvalue weighted by molar-refractivity contribution is 7.90. The van der Waals surface area contributed by atoms with E-state index in [1.807, 2.05) is 0 Å². The van der Waals surface area contributed by atoms with E-state index in [9.17, 15) is 22.4 Å². The summed E-state index contributed by atoms with van der Waals surface area (Å²) < 4.78 is 46.6. The molecule has 1 amide bonds. The van der Waals surface area contributed by atoms with Crippen molar-refractivity contribution in [1.29, 1.82) is 0 Å². The molecule has 0 fully saturated rings. The Hall–Kier alpha value is -2.94. The Morgan fingerprint density at radius 1 is 1.15 bits per heavy atom. The molecule has 0 bridgehead atoms. The van der Waals surface area contributed by atoms with Gasteiger partial charge in [-0.15, -0.1) is 0 Å². The summed E-state index contributed by atoms with van der Waals surface area (Å²) >= 11 is 0. The third-order valence-electron chi connectivity index (χ3n) is 3.49. The fraction of sp³-hybridized carbons (Fsp3) is 0.222. The summed E-state index contributed by atoms with van der Waals surface area (Å²) in [4.78, 5) is 23.7. The van der Waals surface area contributed by atoms with Gasteiger partial charge in [0.25, 0.3) is 5.91 Å². The molecule has 0 unspecified atom stereocenters. The monoisotopic (exact) mass is 395 g/mol. The van der Waals surface area contributed by atoms with Crippen LogP contribution in [0.1, 0.15) is 5.56 Å². The highest BCUT2D eigenvalue weighted by Crippen LogP contribution is 2.20. The molecule has 0 saturated carbocycles. The number of anilines is 1. The molecule has 0 heterocycles. The van der Waals surface area contributed by atoms with Crippen LogP contribution in [0.25, 0.3) is 0 Å². The van der Waals surface area contributed by atoms with Crippen LogP contribution < -0.4 is 10.1 Å². The topological polar surface area (TPSA) is 98.8 Å². The van der Waals surface area contributed by atoms with Crippen LogP contribution in [0.15, 0.2) is 47.4 Å². The molecule has 27 heavy (non-hydrogen) atoms. The summed E-state index contributed by atoms with van der Waals surface area (Å²) in [6.45, 7) is -0.602. The third kappa shape index (κ3) is 5.78. The van der Waals surface area contributed by atoms with Crippen LogP contribution in [0.3, 0.4) is 0 Å². The average molecular weight is 395 g/mol. The van der Waals surface area contributed by atoms with Gasteiger partial charge in [-0.05, 0) is 29.8 Å². The first-order valence-electron chi connectivity index (χ1n) is 7.77. The van der Waals surface area contributed by atoms with Crippen molar-refractivity contribution in [3.8, 4) is 5.75 Å². The minimum Gasteiger partial charge on any atom is -0.494 e. The van der Waals surface area contributed by atoms with E-state index in [4.69, 9.17) is 9.47 Å². The summed E-state index contributed by atoms with van der Waals surface area (Å²) in [5.41, 5.74) is 0.458. The third-order valence-corrected chi connectivity index (χ3v) is 4.64. The minimum atomic E-state index is -3.53. The Balaban J connectivity index is 1.92. The van der Waals surface area contributed by atoms with Gasteiger partial charge in [-0.25, -0.2) is 12.8 Å². The Morgan fingerprint density at radius 3 is 2.48 bits per heavy atom. The summed E-state index contributed by atoms with van der Waals surface area (Å²) in [6, 6.07) is 9.90. The van der Waals surface area contributed by atoms with Gasteiger partial charge < -0.3 is 14.8 Å². The number of halogens is 1. The molecule has 1 N–H and O–H groups in total. The predicted octanol–water partition coefficient (Wildman–Crippen LogP) is 1.96. The van der Waals surface area contributed by atoms with E-state index in [0.717, 1.165) is 12.3 Å². The maximum absolute atomic E-state index is 13.6. The molecule has 0 aliphatic rings. The highest BCUT2D eigenvalue weighted by Gasteiger charge is 2.16. The lowest BCUT2D eigenvalue weighted by Gasteiger charge is -2.10. The summed E-state index contributed by atoms with van der Waals surface area (Å²) in [7, 11) is -2.20. The number of sulfone groups is 1. The van der Waals surface area contributed by atoms with Crippen molar-refractivity contribution in [2.45, 2.75) is 11.3 Å². The van der Waals surface area contributed by atoms with E-state index in [2.05, 4.69) is 5.32 Å². The Morgan fingerprint density at radius 2 is 1.85 bits per heavy atom. The molecule has 144 valence electrons. The second-order valence-electron chi connectivity index (χ2n) is 5.62. The quantitative estimate of drug-likeness (QED) is 0.720. The van der Waals surface area contributed by atoms with Crippen molar-refractivity contribution in [3.05, 3.63) is 53.8 Å². The maximum Gasteiger partial charge on any atom is 0.310 e. The Kier molecular flexibility index (Phi) is 6.51. The second-order valence-corrected chi connectivity index (χ2v) is 7.61. The number of nitrogens with one attached hydrogen (secondary N) is 1. The van der Waals surface area contributed by atoms with E-state index >= 15 is 0 Å². The number of carbonyl (C=O) groups excluding carboxylic acids is 2. The molecule has 0 radical (unpaired) electrons. The van der Waals surface area contributed by atoms with Gasteiger partial charge in [0.05, 0.1) is 24.1 Å². The molecule has 0 spiro atoms. The fourth-order valence-corrected chi connectivity index (χ4v) is 3.11. The smallest absolute Gasteiger partial charge is 0.310 e. The Bertz CT molecular complexity index is 958. The number of amides is 1. The number of hydrogen-bond acceptors (Lipinski definition) is 6. The van der Waals surface area contributed by atoms with Crippen LogP contribution in [-0.4, -0.2) is 40.3 Å². The van der Waals surface area contributed by atoms with Crippen molar-refractivity contribution in [2.75, 3.05) is 25.3 Å². The van der Waals surface area contributed by atoms with Crippen molar-refractivity contribution >= 4 is 27.4 Å². The molecule has 2 rings (SSSR count). The van der Waals surface area contributed by atoms with Crippen LogP contribution in [0.5, 0.6) is 5.75 Å². The number of carbonyl (C=O) groups is 2. The second kappa shape index (κ2) is 8.63. The van der Waals surface area contributed by atoms with Crippen molar-refractivity contribution in [2.24, 2.45) is 0 Å². The summed E-state index contributed by atoms with van der Waals surface area (Å²) in [6.07, 6.45) is 0.792. The molecule has 0 aliphatic heterocycles. The summed E-state index contributed by atoms with van der Waals surface area (Å²) in [5, 5.41) is 2.39. The van der Waals surface area contributed by atoms with Crippen LogP contribution in [0.4, 0.5) is 10.1 Å². The molecule has 9 heteroatoms. The first kappa shape index (κ1) is 20.4. The van der Waals surface area contributed by atoms with E-state index < -0.39 is 34.1 Å². The standard InChI is InChI=1S/C18H18FNO6S/c1-25-15-8-7-12(9-13(15)19)10-18(22)26-11-17(21)20-14-5-3-4-6-16(14)27(2,23)24/h3-9H,10-11H2,1-2H3,(H,20,21). The number of hydrogen-bond donors (Lipinski definition) is 1. The van der Waals surface area contributed by atoms with Crippen LogP contribution >= 0.6 is 0 Å². The van der Waals surface area contributed by atoms with Gasteiger partial charge in [0, 0.05) is 6.26 Å². The molecule has 0 aliphatic carbocycles. The van der Waals surface area contributed by atoms with Gasteiger partial charge >= 0.3 is 5.97 Å². The lowest BCUT2D eigenvalue weighted by Crippen LogP contribution is -2.22. The molecule has 0 aromatic heterocycles. The van der Waals surface area contributed by atoms with Crippen LogP contribution in [0, 0.1) is 5.82 Å². The van der Waals surface area contributed by atoms with E-state index in [-0.39, 0.29) is 22.8 Å². The number of rotatable bonds is 7. The number of ether oxygens (including phenoxy) is 2. The van der Waals surface area contributed by atoms with Crippen molar-refractivity contribution in [3.63, 3.8) is 0 Å². The van der Waals surface area contributed by atoms with Crippen LogP contribution in [-0.2, 0) is 30.6 Å². The number of para-hydroxylation sites is 1. The van der Waals surface area contributed by atoms with Gasteiger partial charge in [-0.2, -0.15) is 0 Å². The van der Waals surface area contributed by atoms with Crippen molar-refractivity contribution < 1.29 is 31.9 Å². The average Bonchev–Trinajstić information content (AvgIpc) is 2.60. The summed E-state index contributed by atoms with van der Waals surface area (Å²) in [5.74, 6) is -1.99. The first-order valence-corrected chi connectivity index (χ1v) is 9.67.